The Morgan fingerprint density at radius 3 is 2.41 bits per heavy atom. The van der Waals surface area contributed by atoms with E-state index in [0.29, 0.717) is 5.92 Å². The van der Waals surface area contributed by atoms with Crippen molar-refractivity contribution < 1.29 is 9.47 Å². The first kappa shape index (κ1) is 20.7. The third kappa shape index (κ3) is 5.95. The van der Waals surface area contributed by atoms with E-state index in [0.717, 1.165) is 54.0 Å². The van der Waals surface area contributed by atoms with Crippen molar-refractivity contribution in [3.8, 4) is 5.75 Å². The Morgan fingerprint density at radius 2 is 1.85 bits per heavy atom. The highest BCUT2D eigenvalue weighted by atomic mass is 19.3. The maximum absolute atomic E-state index is 12.2. The predicted octanol–water partition coefficient (Wildman–Crippen LogP) is 6.41. The lowest BCUT2D eigenvalue weighted by atomic mass is 10.0. The number of hydrogen-bond acceptors (Lipinski definition) is 3. The molecule has 4 heteroatoms. The van der Waals surface area contributed by atoms with E-state index in [4.69, 9.17) is 0 Å². The van der Waals surface area contributed by atoms with Crippen molar-refractivity contribution in [2.24, 2.45) is 10.9 Å². The van der Waals surface area contributed by atoms with E-state index in [1.165, 1.54) is 0 Å². The summed E-state index contributed by atoms with van der Waals surface area (Å²) in [7, 11) is 0. The van der Waals surface area contributed by atoms with Crippen molar-refractivity contribution in [2.75, 3.05) is 18.0 Å². The van der Waals surface area contributed by atoms with Crippen molar-refractivity contribution in [3.05, 3.63) is 60.2 Å². The minimum atomic E-state index is 0.226. The summed E-state index contributed by atoms with van der Waals surface area (Å²) >= 11 is 0. The first-order valence-electron chi connectivity index (χ1n) is 9.33. The van der Waals surface area contributed by atoms with Gasteiger partial charge in [0, 0.05) is 17.6 Å². The van der Waals surface area contributed by atoms with E-state index in [1.54, 1.807) is 12.1 Å². The fourth-order valence-electron chi connectivity index (χ4n) is 2.92. The lowest BCUT2D eigenvalue weighted by Gasteiger charge is -2.27. The first-order valence-corrected chi connectivity index (χ1v) is 9.33. The van der Waals surface area contributed by atoms with E-state index in [9.17, 15) is 4.53 Å². The molecule has 0 unspecified atom stereocenters. The molecule has 0 aliphatic heterocycles. The highest BCUT2D eigenvalue weighted by Gasteiger charge is 2.13. The van der Waals surface area contributed by atoms with Crippen molar-refractivity contribution in [1.29, 1.82) is 0 Å². The summed E-state index contributed by atoms with van der Waals surface area (Å²) in [4.78, 5) is 10.4. The SMILES string of the molecule is C=Nc1cc(C(=C)C)ccc1N(CCc1ccc(OF)cc1)CCC(C)C. The molecule has 0 fully saturated rings. The molecule has 0 amide bonds. The van der Waals surface area contributed by atoms with Crippen LogP contribution in [0.3, 0.4) is 0 Å². The molecule has 0 aliphatic rings. The van der Waals surface area contributed by atoms with Crippen molar-refractivity contribution in [3.63, 3.8) is 0 Å². The average molecular weight is 368 g/mol. The van der Waals surface area contributed by atoms with Gasteiger partial charge in [-0.15, -0.1) is 0 Å². The molecule has 0 aliphatic carbocycles. The van der Waals surface area contributed by atoms with E-state index in [-0.39, 0.29) is 5.75 Å². The smallest absolute Gasteiger partial charge is 0.171 e. The van der Waals surface area contributed by atoms with Gasteiger partial charge in [-0.05, 0) is 67.8 Å². The zero-order chi connectivity index (χ0) is 19.8. The molecule has 0 spiro atoms. The first-order chi connectivity index (χ1) is 12.9. The molecular formula is C23H29FN2O. The fraction of sp³-hybridized carbons (Fsp3) is 0.348. The second-order valence-corrected chi connectivity index (χ2v) is 7.28. The van der Waals surface area contributed by atoms with Crippen LogP contribution in [0.4, 0.5) is 15.9 Å². The second kappa shape index (κ2) is 9.91. The number of halogens is 1. The summed E-state index contributed by atoms with van der Waals surface area (Å²) in [5.74, 6) is 0.840. The minimum absolute atomic E-state index is 0.226. The number of benzene rings is 2. The van der Waals surface area contributed by atoms with Crippen LogP contribution in [0.1, 0.15) is 38.3 Å². The highest BCUT2D eigenvalue weighted by molar-refractivity contribution is 5.75. The standard InChI is InChI=1S/C23H29FN2O/c1-17(2)12-14-26(15-13-19-6-9-21(27-24)10-7-19)23-11-8-20(18(3)4)16-22(23)25-5/h6-11,16-17H,3,5,12-15H2,1-2,4H3. The Morgan fingerprint density at radius 1 is 1.15 bits per heavy atom. The van der Waals surface area contributed by atoms with Gasteiger partial charge in [0.05, 0.1) is 11.4 Å². The molecule has 0 aromatic heterocycles. The molecule has 0 saturated carbocycles. The molecule has 2 aromatic rings. The zero-order valence-electron chi connectivity index (χ0n) is 16.5. The number of rotatable bonds is 10. The summed E-state index contributed by atoms with van der Waals surface area (Å²) in [6.45, 7) is 16.0. The Hall–Kier alpha value is -2.62. The second-order valence-electron chi connectivity index (χ2n) is 7.28. The molecule has 0 bridgehead atoms. The lowest BCUT2D eigenvalue weighted by molar-refractivity contribution is -0.00622. The summed E-state index contributed by atoms with van der Waals surface area (Å²) in [6, 6.07) is 13.3. The number of nitrogens with zero attached hydrogens (tertiary/aromatic N) is 2. The molecule has 0 N–H and O–H groups in total. The van der Waals surface area contributed by atoms with Gasteiger partial charge in [0.1, 0.15) is 0 Å². The van der Waals surface area contributed by atoms with Gasteiger partial charge in [-0.25, -0.2) is 0 Å². The number of aliphatic imine (C=N–C) groups is 1. The van der Waals surface area contributed by atoms with Gasteiger partial charge in [0.2, 0.25) is 0 Å². The van der Waals surface area contributed by atoms with Crippen LogP contribution in [0.5, 0.6) is 5.75 Å². The molecule has 2 rings (SSSR count). The van der Waals surface area contributed by atoms with E-state index in [2.05, 4.69) is 54.1 Å². The molecule has 0 saturated heterocycles. The van der Waals surface area contributed by atoms with Gasteiger partial charge in [0.15, 0.2) is 5.75 Å². The van der Waals surface area contributed by atoms with E-state index < -0.39 is 0 Å². The Bertz CT molecular complexity index is 768. The third-order valence-electron chi connectivity index (χ3n) is 4.64. The van der Waals surface area contributed by atoms with Gasteiger partial charge < -0.3 is 4.90 Å². The summed E-state index contributed by atoms with van der Waals surface area (Å²) in [6.07, 6.45) is 1.94. The molecule has 2 aromatic carbocycles. The van der Waals surface area contributed by atoms with E-state index >= 15 is 0 Å². The van der Waals surface area contributed by atoms with Crippen LogP contribution >= 0.6 is 0 Å². The van der Waals surface area contributed by atoms with Crippen molar-refractivity contribution in [2.45, 2.75) is 33.6 Å². The molecule has 0 radical (unpaired) electrons. The summed E-state index contributed by atoms with van der Waals surface area (Å²) < 4.78 is 12.2. The van der Waals surface area contributed by atoms with Crippen LogP contribution < -0.4 is 9.84 Å². The highest BCUT2D eigenvalue weighted by Crippen LogP contribution is 2.32. The molecule has 0 atom stereocenters. The Balaban J connectivity index is 2.22. The van der Waals surface area contributed by atoms with Crippen LogP contribution in [0.25, 0.3) is 5.57 Å². The minimum Gasteiger partial charge on any atom is -0.369 e. The van der Waals surface area contributed by atoms with Gasteiger partial charge in [-0.3, -0.25) is 9.93 Å². The quantitative estimate of drug-likeness (QED) is 0.453. The molecule has 27 heavy (non-hydrogen) atoms. The molecule has 0 heterocycles. The maximum atomic E-state index is 12.2. The lowest BCUT2D eigenvalue weighted by Crippen LogP contribution is -2.28. The largest absolute Gasteiger partial charge is 0.369 e. The maximum Gasteiger partial charge on any atom is 0.171 e. The van der Waals surface area contributed by atoms with Crippen LogP contribution in [0.2, 0.25) is 0 Å². The summed E-state index contributed by atoms with van der Waals surface area (Å²) in [5.41, 5.74) is 5.18. The number of hydrogen-bond donors (Lipinski definition) is 0. The monoisotopic (exact) mass is 368 g/mol. The summed E-state index contributed by atoms with van der Waals surface area (Å²) in [5, 5.41) is 0. The van der Waals surface area contributed by atoms with Crippen LogP contribution in [0.15, 0.2) is 54.0 Å². The Labute approximate surface area is 162 Å². The van der Waals surface area contributed by atoms with E-state index in [1.807, 2.05) is 25.1 Å². The van der Waals surface area contributed by atoms with Gasteiger partial charge in [-0.2, -0.15) is 0 Å². The Kier molecular flexibility index (Phi) is 7.59. The van der Waals surface area contributed by atoms with Crippen LogP contribution in [-0.4, -0.2) is 19.8 Å². The van der Waals surface area contributed by atoms with Crippen LogP contribution in [0, 0.1) is 5.92 Å². The fourth-order valence-corrected chi connectivity index (χ4v) is 2.92. The van der Waals surface area contributed by atoms with Gasteiger partial charge in [-0.1, -0.05) is 44.2 Å². The van der Waals surface area contributed by atoms with Gasteiger partial charge >= 0.3 is 0 Å². The van der Waals surface area contributed by atoms with Crippen LogP contribution in [-0.2, 0) is 6.42 Å². The average Bonchev–Trinajstić information content (AvgIpc) is 2.67. The molecule has 3 nitrogen and oxygen atoms in total. The molecule has 144 valence electrons. The van der Waals surface area contributed by atoms with Crippen molar-refractivity contribution in [1.82, 2.24) is 0 Å². The van der Waals surface area contributed by atoms with Gasteiger partial charge in [0.25, 0.3) is 0 Å². The van der Waals surface area contributed by atoms with Crippen molar-refractivity contribution >= 4 is 23.7 Å². The number of anilines is 1. The third-order valence-corrected chi connectivity index (χ3v) is 4.64. The predicted molar refractivity (Wildman–Crippen MR) is 114 cm³/mol. The molecular weight excluding hydrogens is 339 g/mol. The zero-order valence-corrected chi connectivity index (χ0v) is 16.5. The normalized spacial score (nSPS) is 10.7. The number of allylic oxidation sites excluding steroid dienone is 1. The topological polar surface area (TPSA) is 24.8 Å².